The van der Waals surface area contributed by atoms with E-state index in [-0.39, 0.29) is 5.91 Å². The van der Waals surface area contributed by atoms with Crippen molar-refractivity contribution in [1.82, 2.24) is 4.90 Å². The van der Waals surface area contributed by atoms with Gasteiger partial charge in [-0.2, -0.15) is 0 Å². The van der Waals surface area contributed by atoms with E-state index < -0.39 is 0 Å². The van der Waals surface area contributed by atoms with E-state index in [0.29, 0.717) is 5.92 Å². The van der Waals surface area contributed by atoms with E-state index >= 15 is 0 Å². The number of likely N-dealkylation sites (tertiary alicyclic amines) is 1. The fourth-order valence-electron chi connectivity index (χ4n) is 3.30. The summed E-state index contributed by atoms with van der Waals surface area (Å²) in [5.41, 5.74) is 2.71. The van der Waals surface area contributed by atoms with Crippen LogP contribution < -0.4 is 4.74 Å². The molecule has 1 fully saturated rings. The zero-order chi connectivity index (χ0) is 17.6. The van der Waals surface area contributed by atoms with E-state index in [9.17, 15) is 4.79 Å². The first-order chi connectivity index (χ1) is 12.2. The molecule has 3 heteroatoms. The third-order valence-corrected chi connectivity index (χ3v) is 4.69. The SMILES string of the molecule is COc1ccc(/C=C(/C(=O)N2CCCC(C)C2)c2ccccc2)cc1. The highest BCUT2D eigenvalue weighted by Gasteiger charge is 2.24. The minimum Gasteiger partial charge on any atom is -0.497 e. The van der Waals surface area contributed by atoms with Gasteiger partial charge in [0.2, 0.25) is 0 Å². The number of rotatable bonds is 4. The molecule has 2 aromatic carbocycles. The summed E-state index contributed by atoms with van der Waals surface area (Å²) in [6.45, 7) is 3.90. The van der Waals surface area contributed by atoms with Crippen LogP contribution in [-0.2, 0) is 4.79 Å². The van der Waals surface area contributed by atoms with Crippen LogP contribution in [0.3, 0.4) is 0 Å². The molecule has 1 aliphatic rings. The van der Waals surface area contributed by atoms with Crippen LogP contribution in [0.15, 0.2) is 54.6 Å². The monoisotopic (exact) mass is 335 g/mol. The number of nitrogens with zero attached hydrogens (tertiary/aromatic N) is 1. The Morgan fingerprint density at radius 1 is 1.12 bits per heavy atom. The lowest BCUT2D eigenvalue weighted by atomic mass is 9.97. The van der Waals surface area contributed by atoms with Crippen LogP contribution in [0.4, 0.5) is 0 Å². The Bertz CT molecular complexity index is 734. The van der Waals surface area contributed by atoms with Crippen LogP contribution in [0, 0.1) is 5.92 Å². The Morgan fingerprint density at radius 2 is 1.84 bits per heavy atom. The van der Waals surface area contributed by atoms with Gasteiger partial charge in [0.25, 0.3) is 5.91 Å². The van der Waals surface area contributed by atoms with Gasteiger partial charge in [-0.05, 0) is 48.1 Å². The van der Waals surface area contributed by atoms with Gasteiger partial charge in [-0.3, -0.25) is 4.79 Å². The second-order valence-corrected chi connectivity index (χ2v) is 6.70. The topological polar surface area (TPSA) is 29.5 Å². The summed E-state index contributed by atoms with van der Waals surface area (Å²) < 4.78 is 5.22. The van der Waals surface area contributed by atoms with Crippen molar-refractivity contribution in [3.63, 3.8) is 0 Å². The lowest BCUT2D eigenvalue weighted by molar-refractivity contribution is -0.126. The number of benzene rings is 2. The number of ether oxygens (including phenoxy) is 1. The van der Waals surface area contributed by atoms with Gasteiger partial charge in [-0.1, -0.05) is 49.4 Å². The molecular weight excluding hydrogens is 310 g/mol. The van der Waals surface area contributed by atoms with E-state index in [2.05, 4.69) is 6.92 Å². The van der Waals surface area contributed by atoms with Gasteiger partial charge >= 0.3 is 0 Å². The molecule has 0 saturated carbocycles. The van der Waals surface area contributed by atoms with Crippen molar-refractivity contribution in [2.75, 3.05) is 20.2 Å². The van der Waals surface area contributed by atoms with Crippen molar-refractivity contribution < 1.29 is 9.53 Å². The molecule has 1 amide bonds. The quantitative estimate of drug-likeness (QED) is 0.608. The minimum absolute atomic E-state index is 0.119. The number of methoxy groups -OCH3 is 1. The first-order valence-corrected chi connectivity index (χ1v) is 8.88. The van der Waals surface area contributed by atoms with Gasteiger partial charge in [-0.25, -0.2) is 0 Å². The number of amides is 1. The molecule has 1 aliphatic heterocycles. The Hall–Kier alpha value is -2.55. The van der Waals surface area contributed by atoms with Crippen LogP contribution in [-0.4, -0.2) is 31.0 Å². The maximum absolute atomic E-state index is 13.2. The first kappa shape index (κ1) is 17.3. The lowest BCUT2D eigenvalue weighted by Crippen LogP contribution is -2.39. The Morgan fingerprint density at radius 3 is 2.48 bits per heavy atom. The fourth-order valence-corrected chi connectivity index (χ4v) is 3.30. The van der Waals surface area contributed by atoms with E-state index in [4.69, 9.17) is 4.74 Å². The zero-order valence-corrected chi connectivity index (χ0v) is 14.9. The number of hydrogen-bond acceptors (Lipinski definition) is 2. The smallest absolute Gasteiger partial charge is 0.254 e. The molecule has 0 spiro atoms. The maximum Gasteiger partial charge on any atom is 0.254 e. The number of carbonyl (C=O) groups excluding carboxylic acids is 1. The molecule has 1 unspecified atom stereocenters. The summed E-state index contributed by atoms with van der Waals surface area (Å²) in [5.74, 6) is 1.50. The van der Waals surface area contributed by atoms with Crippen molar-refractivity contribution >= 4 is 17.6 Å². The predicted molar refractivity (Wildman–Crippen MR) is 102 cm³/mol. The zero-order valence-electron chi connectivity index (χ0n) is 14.9. The van der Waals surface area contributed by atoms with E-state index in [1.807, 2.05) is 65.6 Å². The molecular formula is C22H25NO2. The second-order valence-electron chi connectivity index (χ2n) is 6.70. The number of carbonyl (C=O) groups is 1. The minimum atomic E-state index is 0.119. The molecule has 0 radical (unpaired) electrons. The summed E-state index contributed by atoms with van der Waals surface area (Å²) in [4.78, 5) is 15.2. The largest absolute Gasteiger partial charge is 0.497 e. The number of piperidine rings is 1. The molecule has 130 valence electrons. The van der Waals surface area contributed by atoms with Gasteiger partial charge in [0.05, 0.1) is 7.11 Å². The van der Waals surface area contributed by atoms with Crippen LogP contribution in [0.25, 0.3) is 11.6 Å². The highest BCUT2D eigenvalue weighted by Crippen LogP contribution is 2.25. The summed E-state index contributed by atoms with van der Waals surface area (Å²) >= 11 is 0. The number of hydrogen-bond donors (Lipinski definition) is 0. The van der Waals surface area contributed by atoms with Crippen molar-refractivity contribution in [1.29, 1.82) is 0 Å². The second kappa shape index (κ2) is 8.02. The molecule has 1 atom stereocenters. The van der Waals surface area contributed by atoms with Gasteiger partial charge in [0.1, 0.15) is 5.75 Å². The first-order valence-electron chi connectivity index (χ1n) is 8.88. The summed E-state index contributed by atoms with van der Waals surface area (Å²) in [6, 6.07) is 17.7. The normalized spacial score (nSPS) is 18.1. The molecule has 1 heterocycles. The Kier molecular flexibility index (Phi) is 5.54. The molecule has 0 aromatic heterocycles. The molecule has 0 bridgehead atoms. The van der Waals surface area contributed by atoms with E-state index in [1.54, 1.807) is 7.11 Å². The molecule has 0 aliphatic carbocycles. The maximum atomic E-state index is 13.2. The van der Waals surface area contributed by atoms with Gasteiger partial charge in [-0.15, -0.1) is 0 Å². The predicted octanol–water partition coefficient (Wildman–Crippen LogP) is 4.49. The average Bonchev–Trinajstić information content (AvgIpc) is 2.67. The highest BCUT2D eigenvalue weighted by molar-refractivity contribution is 6.24. The summed E-state index contributed by atoms with van der Waals surface area (Å²) in [7, 11) is 1.65. The summed E-state index contributed by atoms with van der Waals surface area (Å²) in [5, 5.41) is 0. The molecule has 1 saturated heterocycles. The molecule has 0 N–H and O–H groups in total. The molecule has 2 aromatic rings. The van der Waals surface area contributed by atoms with E-state index in [0.717, 1.165) is 42.0 Å². The van der Waals surface area contributed by atoms with Crippen molar-refractivity contribution in [2.24, 2.45) is 5.92 Å². The highest BCUT2D eigenvalue weighted by atomic mass is 16.5. The Balaban J connectivity index is 1.94. The molecule has 25 heavy (non-hydrogen) atoms. The van der Waals surface area contributed by atoms with Crippen LogP contribution in [0.1, 0.15) is 30.9 Å². The third kappa shape index (κ3) is 4.30. The van der Waals surface area contributed by atoms with Crippen molar-refractivity contribution in [3.8, 4) is 5.75 Å². The van der Waals surface area contributed by atoms with Crippen molar-refractivity contribution in [2.45, 2.75) is 19.8 Å². The molecule has 3 nitrogen and oxygen atoms in total. The van der Waals surface area contributed by atoms with Crippen molar-refractivity contribution in [3.05, 3.63) is 65.7 Å². The van der Waals surface area contributed by atoms with Crippen LogP contribution >= 0.6 is 0 Å². The van der Waals surface area contributed by atoms with Gasteiger partial charge in [0.15, 0.2) is 0 Å². The van der Waals surface area contributed by atoms with Gasteiger partial charge < -0.3 is 9.64 Å². The third-order valence-electron chi connectivity index (χ3n) is 4.69. The molecule has 3 rings (SSSR count). The summed E-state index contributed by atoms with van der Waals surface area (Å²) in [6.07, 6.45) is 4.26. The van der Waals surface area contributed by atoms with Crippen LogP contribution in [0.5, 0.6) is 5.75 Å². The van der Waals surface area contributed by atoms with E-state index in [1.165, 1.54) is 6.42 Å². The fraction of sp³-hybridized carbons (Fsp3) is 0.318. The standard InChI is InChI=1S/C22H25NO2/c1-17-7-6-14-23(16-17)22(24)21(19-8-4-3-5-9-19)15-18-10-12-20(25-2)13-11-18/h3-5,8-13,15,17H,6-7,14,16H2,1-2H3/b21-15+. The Labute approximate surface area is 149 Å². The lowest BCUT2D eigenvalue weighted by Gasteiger charge is -2.31. The average molecular weight is 335 g/mol. The van der Waals surface area contributed by atoms with Crippen LogP contribution in [0.2, 0.25) is 0 Å². The van der Waals surface area contributed by atoms with Gasteiger partial charge in [0, 0.05) is 18.7 Å².